The molecular weight excluding hydrogens is 280 g/mol. The number of ether oxygens (including phenoxy) is 1. The maximum Gasteiger partial charge on any atom is 0.308 e. The second-order valence-corrected chi connectivity index (χ2v) is 5.02. The summed E-state index contributed by atoms with van der Waals surface area (Å²) in [6.45, 7) is 1.82. The van der Waals surface area contributed by atoms with Crippen LogP contribution in [0.15, 0.2) is 48.8 Å². The van der Waals surface area contributed by atoms with Gasteiger partial charge in [0.05, 0.1) is 13.0 Å². The summed E-state index contributed by atoms with van der Waals surface area (Å²) in [5, 5.41) is 2.81. The number of rotatable bonds is 5. The summed E-state index contributed by atoms with van der Waals surface area (Å²) in [5.41, 5.74) is 2.27. The van der Waals surface area contributed by atoms with Gasteiger partial charge in [0, 0.05) is 23.6 Å². The van der Waals surface area contributed by atoms with Gasteiger partial charge in [0.25, 0.3) is 5.91 Å². The molecule has 0 spiro atoms. The van der Waals surface area contributed by atoms with Crippen molar-refractivity contribution in [3.8, 4) is 0 Å². The standard InChI is InChI=1S/C17H18N2O3/c1-12(17(21)22-2)11-13-3-5-15(6-4-13)19-16(20)14-7-9-18-10-8-14/h3-10,12H,11H2,1-2H3,(H,19,20)/t12-/m0/s1. The Balaban J connectivity index is 1.97. The van der Waals surface area contributed by atoms with Crippen LogP contribution in [0.2, 0.25) is 0 Å². The lowest BCUT2D eigenvalue weighted by Crippen LogP contribution is -2.15. The molecule has 114 valence electrons. The van der Waals surface area contributed by atoms with Gasteiger partial charge in [0.15, 0.2) is 0 Å². The lowest BCUT2D eigenvalue weighted by Gasteiger charge is -2.10. The van der Waals surface area contributed by atoms with Gasteiger partial charge >= 0.3 is 5.97 Å². The van der Waals surface area contributed by atoms with Gasteiger partial charge in [0.2, 0.25) is 0 Å². The molecule has 5 nitrogen and oxygen atoms in total. The van der Waals surface area contributed by atoms with Crippen LogP contribution in [0.4, 0.5) is 5.69 Å². The van der Waals surface area contributed by atoms with Gasteiger partial charge in [-0.15, -0.1) is 0 Å². The molecule has 1 amide bonds. The van der Waals surface area contributed by atoms with E-state index in [-0.39, 0.29) is 17.8 Å². The molecule has 2 rings (SSSR count). The van der Waals surface area contributed by atoms with Gasteiger partial charge in [-0.05, 0) is 36.2 Å². The number of carbonyl (C=O) groups excluding carboxylic acids is 2. The second kappa shape index (κ2) is 7.36. The van der Waals surface area contributed by atoms with Gasteiger partial charge < -0.3 is 10.1 Å². The van der Waals surface area contributed by atoms with E-state index in [0.717, 1.165) is 5.56 Å². The van der Waals surface area contributed by atoms with Crippen molar-refractivity contribution < 1.29 is 14.3 Å². The quantitative estimate of drug-likeness (QED) is 0.862. The fourth-order valence-corrected chi connectivity index (χ4v) is 2.07. The molecule has 0 aliphatic rings. The van der Waals surface area contributed by atoms with E-state index in [2.05, 4.69) is 10.3 Å². The minimum Gasteiger partial charge on any atom is -0.469 e. The molecule has 5 heteroatoms. The predicted octanol–water partition coefficient (Wildman–Crippen LogP) is 2.69. The minimum atomic E-state index is -0.227. The van der Waals surface area contributed by atoms with Gasteiger partial charge in [-0.1, -0.05) is 19.1 Å². The second-order valence-electron chi connectivity index (χ2n) is 5.02. The summed E-state index contributed by atoms with van der Waals surface area (Å²) >= 11 is 0. The summed E-state index contributed by atoms with van der Waals surface area (Å²) in [4.78, 5) is 27.3. The van der Waals surface area contributed by atoms with E-state index in [0.29, 0.717) is 17.7 Å². The zero-order valence-corrected chi connectivity index (χ0v) is 12.6. The van der Waals surface area contributed by atoms with Crippen LogP contribution < -0.4 is 5.32 Å². The summed E-state index contributed by atoms with van der Waals surface area (Å²) < 4.78 is 4.71. The third kappa shape index (κ3) is 4.15. The Labute approximate surface area is 129 Å². The van der Waals surface area contributed by atoms with Crippen molar-refractivity contribution in [1.82, 2.24) is 4.98 Å². The van der Waals surface area contributed by atoms with Crippen molar-refractivity contribution >= 4 is 17.6 Å². The van der Waals surface area contributed by atoms with E-state index in [4.69, 9.17) is 4.74 Å². The first-order chi connectivity index (χ1) is 10.6. The molecule has 1 aromatic carbocycles. The number of nitrogens with one attached hydrogen (secondary N) is 1. The predicted molar refractivity (Wildman–Crippen MR) is 83.5 cm³/mol. The average molecular weight is 298 g/mol. The van der Waals surface area contributed by atoms with Gasteiger partial charge in [0.1, 0.15) is 0 Å². The highest BCUT2D eigenvalue weighted by atomic mass is 16.5. The monoisotopic (exact) mass is 298 g/mol. The molecule has 1 aromatic heterocycles. The van der Waals surface area contributed by atoms with Crippen LogP contribution >= 0.6 is 0 Å². The molecule has 22 heavy (non-hydrogen) atoms. The fourth-order valence-electron chi connectivity index (χ4n) is 2.07. The number of amides is 1. The van der Waals surface area contributed by atoms with Crippen molar-refractivity contribution in [2.24, 2.45) is 5.92 Å². The van der Waals surface area contributed by atoms with Crippen molar-refractivity contribution in [3.63, 3.8) is 0 Å². The third-order valence-electron chi connectivity index (χ3n) is 3.30. The molecule has 1 atom stereocenters. The molecule has 0 radical (unpaired) electrons. The number of pyridine rings is 1. The smallest absolute Gasteiger partial charge is 0.308 e. The number of anilines is 1. The lowest BCUT2D eigenvalue weighted by molar-refractivity contribution is -0.144. The number of aromatic nitrogens is 1. The van der Waals surface area contributed by atoms with E-state index < -0.39 is 0 Å². The first-order valence-electron chi connectivity index (χ1n) is 6.98. The Kier molecular flexibility index (Phi) is 5.25. The third-order valence-corrected chi connectivity index (χ3v) is 3.30. The van der Waals surface area contributed by atoms with Crippen molar-refractivity contribution in [1.29, 1.82) is 0 Å². The molecule has 2 aromatic rings. The zero-order chi connectivity index (χ0) is 15.9. The Morgan fingerprint density at radius 3 is 2.36 bits per heavy atom. The molecule has 1 N–H and O–H groups in total. The summed E-state index contributed by atoms with van der Waals surface area (Å²) in [7, 11) is 1.39. The lowest BCUT2D eigenvalue weighted by atomic mass is 10.0. The number of hydrogen-bond acceptors (Lipinski definition) is 4. The normalized spacial score (nSPS) is 11.5. The Hall–Kier alpha value is -2.69. The number of hydrogen-bond donors (Lipinski definition) is 1. The highest BCUT2D eigenvalue weighted by molar-refractivity contribution is 6.04. The maximum absolute atomic E-state index is 12.0. The summed E-state index contributed by atoms with van der Waals surface area (Å²) in [6.07, 6.45) is 3.75. The van der Waals surface area contributed by atoms with Crippen LogP contribution in [0.25, 0.3) is 0 Å². The molecule has 0 saturated carbocycles. The number of nitrogens with zero attached hydrogens (tertiary/aromatic N) is 1. The highest BCUT2D eigenvalue weighted by Crippen LogP contribution is 2.15. The van der Waals surface area contributed by atoms with E-state index >= 15 is 0 Å². The number of methoxy groups -OCH3 is 1. The maximum atomic E-state index is 12.0. The van der Waals surface area contributed by atoms with Crippen molar-refractivity contribution in [3.05, 3.63) is 59.9 Å². The number of esters is 1. The number of benzene rings is 1. The van der Waals surface area contributed by atoms with Crippen LogP contribution in [0.5, 0.6) is 0 Å². The van der Waals surface area contributed by atoms with Gasteiger partial charge in [-0.25, -0.2) is 0 Å². The molecule has 0 saturated heterocycles. The van der Waals surface area contributed by atoms with E-state index in [9.17, 15) is 9.59 Å². The largest absolute Gasteiger partial charge is 0.469 e. The Morgan fingerprint density at radius 2 is 1.77 bits per heavy atom. The van der Waals surface area contributed by atoms with Gasteiger partial charge in [-0.3, -0.25) is 14.6 Å². The van der Waals surface area contributed by atoms with Crippen LogP contribution in [-0.2, 0) is 16.0 Å². The highest BCUT2D eigenvalue weighted by Gasteiger charge is 2.13. The topological polar surface area (TPSA) is 68.3 Å². The molecule has 0 fully saturated rings. The van der Waals surface area contributed by atoms with Crippen LogP contribution in [-0.4, -0.2) is 24.0 Å². The fraction of sp³-hybridized carbons (Fsp3) is 0.235. The SMILES string of the molecule is COC(=O)[C@@H](C)Cc1ccc(NC(=O)c2ccncc2)cc1. The van der Waals surface area contributed by atoms with Crippen LogP contribution in [0.1, 0.15) is 22.8 Å². The first kappa shape index (κ1) is 15.7. The minimum absolute atomic E-state index is 0.182. The summed E-state index contributed by atoms with van der Waals surface area (Å²) in [5.74, 6) is -0.601. The summed E-state index contributed by atoms with van der Waals surface area (Å²) in [6, 6.07) is 10.7. The van der Waals surface area contributed by atoms with Crippen LogP contribution in [0, 0.1) is 5.92 Å². The molecule has 0 unspecified atom stereocenters. The first-order valence-corrected chi connectivity index (χ1v) is 6.98. The molecule has 0 bridgehead atoms. The van der Waals surface area contributed by atoms with E-state index in [1.54, 1.807) is 24.5 Å². The molecule has 1 heterocycles. The van der Waals surface area contributed by atoms with Gasteiger partial charge in [-0.2, -0.15) is 0 Å². The molecular formula is C17H18N2O3. The van der Waals surface area contributed by atoms with E-state index in [1.165, 1.54) is 7.11 Å². The number of carbonyl (C=O) groups is 2. The Morgan fingerprint density at radius 1 is 1.14 bits per heavy atom. The van der Waals surface area contributed by atoms with Crippen molar-refractivity contribution in [2.45, 2.75) is 13.3 Å². The van der Waals surface area contributed by atoms with E-state index in [1.807, 2.05) is 31.2 Å². The Bertz CT molecular complexity index is 639. The van der Waals surface area contributed by atoms with Crippen LogP contribution in [0.3, 0.4) is 0 Å². The molecule has 0 aliphatic heterocycles. The zero-order valence-electron chi connectivity index (χ0n) is 12.6. The average Bonchev–Trinajstić information content (AvgIpc) is 2.56. The molecule has 0 aliphatic carbocycles. The van der Waals surface area contributed by atoms with Crippen molar-refractivity contribution in [2.75, 3.05) is 12.4 Å².